The van der Waals surface area contributed by atoms with Gasteiger partial charge in [0, 0.05) is 25.5 Å². The number of anilines is 1. The summed E-state index contributed by atoms with van der Waals surface area (Å²) in [6.45, 7) is 3.47. The number of rotatable bonds is 5. The van der Waals surface area contributed by atoms with Crippen LogP contribution >= 0.6 is 0 Å². The number of aryl methyl sites for hydroxylation is 1. The van der Waals surface area contributed by atoms with Gasteiger partial charge in [0.2, 0.25) is 0 Å². The van der Waals surface area contributed by atoms with Crippen molar-refractivity contribution < 1.29 is 0 Å². The second-order valence-corrected chi connectivity index (χ2v) is 5.30. The van der Waals surface area contributed by atoms with Gasteiger partial charge in [-0.2, -0.15) is 5.26 Å². The molecule has 5 heteroatoms. The molecule has 0 fully saturated rings. The van der Waals surface area contributed by atoms with Crippen LogP contribution in [0, 0.1) is 18.3 Å². The second-order valence-electron chi connectivity index (χ2n) is 5.30. The highest BCUT2D eigenvalue weighted by Gasteiger charge is 2.01. The predicted molar refractivity (Wildman–Crippen MR) is 88.8 cm³/mol. The quantitative estimate of drug-likeness (QED) is 0.786. The predicted octanol–water partition coefficient (Wildman–Crippen LogP) is 3.12. The van der Waals surface area contributed by atoms with Crippen LogP contribution in [0.2, 0.25) is 0 Å². The van der Waals surface area contributed by atoms with Gasteiger partial charge in [-0.05, 0) is 30.2 Å². The zero-order chi connectivity index (χ0) is 16.1. The average Bonchev–Trinajstić information content (AvgIpc) is 2.98. The molecular weight excluding hydrogens is 286 g/mol. The van der Waals surface area contributed by atoms with Crippen LogP contribution in [0.5, 0.6) is 0 Å². The number of aromatic nitrogens is 3. The first-order valence-corrected chi connectivity index (χ1v) is 7.41. The zero-order valence-corrected chi connectivity index (χ0v) is 12.9. The van der Waals surface area contributed by atoms with Crippen molar-refractivity contribution in [2.75, 3.05) is 5.32 Å². The minimum absolute atomic E-state index is 0.416. The fourth-order valence-electron chi connectivity index (χ4n) is 2.39. The Morgan fingerprint density at radius 1 is 1.17 bits per heavy atom. The maximum Gasteiger partial charge on any atom is 0.142 e. The minimum atomic E-state index is 0.416. The topological polar surface area (TPSA) is 66.5 Å². The average molecular weight is 303 g/mol. The highest BCUT2D eigenvalue weighted by atomic mass is 15.0. The van der Waals surface area contributed by atoms with Crippen LogP contribution in [0.1, 0.15) is 22.6 Å². The largest absolute Gasteiger partial charge is 0.366 e. The molecule has 0 spiro atoms. The Balaban J connectivity index is 1.68. The van der Waals surface area contributed by atoms with E-state index >= 15 is 0 Å². The highest BCUT2D eigenvalue weighted by Crippen LogP contribution is 2.11. The summed E-state index contributed by atoms with van der Waals surface area (Å²) in [5, 5.41) is 12.1. The minimum Gasteiger partial charge on any atom is -0.366 e. The van der Waals surface area contributed by atoms with Gasteiger partial charge in [0.1, 0.15) is 23.4 Å². The zero-order valence-electron chi connectivity index (χ0n) is 12.9. The number of hydrogen-bond acceptors (Lipinski definition) is 4. The fourth-order valence-corrected chi connectivity index (χ4v) is 2.39. The van der Waals surface area contributed by atoms with Gasteiger partial charge >= 0.3 is 0 Å². The van der Waals surface area contributed by atoms with Crippen LogP contribution in [0.25, 0.3) is 0 Å². The van der Waals surface area contributed by atoms with Crippen molar-refractivity contribution in [1.82, 2.24) is 14.5 Å². The van der Waals surface area contributed by atoms with Crippen molar-refractivity contribution in [2.24, 2.45) is 0 Å². The lowest BCUT2D eigenvalue weighted by molar-refractivity contribution is 0.760. The number of benzene rings is 1. The molecule has 1 N–H and O–H groups in total. The van der Waals surface area contributed by atoms with Crippen molar-refractivity contribution >= 4 is 5.82 Å². The molecule has 0 aliphatic heterocycles. The molecule has 0 bridgehead atoms. The summed E-state index contributed by atoms with van der Waals surface area (Å²) in [5.41, 5.74) is 2.81. The number of nitriles is 1. The lowest BCUT2D eigenvalue weighted by Crippen LogP contribution is -2.04. The number of nitrogens with one attached hydrogen (secondary N) is 1. The first-order chi connectivity index (χ1) is 11.2. The Labute approximate surface area is 135 Å². The number of imidazole rings is 1. The normalized spacial score (nSPS) is 10.3. The molecule has 23 heavy (non-hydrogen) atoms. The monoisotopic (exact) mass is 303 g/mol. The van der Waals surface area contributed by atoms with E-state index in [4.69, 9.17) is 5.26 Å². The third kappa shape index (κ3) is 3.74. The van der Waals surface area contributed by atoms with E-state index in [1.54, 1.807) is 6.07 Å². The maximum absolute atomic E-state index is 8.88. The molecule has 3 rings (SSSR count). The third-order valence-electron chi connectivity index (χ3n) is 3.61. The smallest absolute Gasteiger partial charge is 0.142 e. The molecule has 2 heterocycles. The van der Waals surface area contributed by atoms with Gasteiger partial charge in [-0.1, -0.05) is 30.3 Å². The van der Waals surface area contributed by atoms with Crippen molar-refractivity contribution in [3.63, 3.8) is 0 Å². The van der Waals surface area contributed by atoms with E-state index < -0.39 is 0 Å². The molecule has 1 aromatic carbocycles. The highest BCUT2D eigenvalue weighted by molar-refractivity contribution is 5.39. The van der Waals surface area contributed by atoms with Crippen LogP contribution in [0.15, 0.2) is 54.9 Å². The summed E-state index contributed by atoms with van der Waals surface area (Å²) in [6, 6.07) is 15.8. The summed E-state index contributed by atoms with van der Waals surface area (Å²) in [6.07, 6.45) is 3.80. The summed E-state index contributed by atoms with van der Waals surface area (Å²) in [5.74, 6) is 1.71. The van der Waals surface area contributed by atoms with Gasteiger partial charge in [0.05, 0.1) is 0 Å². The van der Waals surface area contributed by atoms with Gasteiger partial charge in [-0.15, -0.1) is 0 Å². The fraction of sp³-hybridized carbons (Fsp3) is 0.167. The maximum atomic E-state index is 8.88. The summed E-state index contributed by atoms with van der Waals surface area (Å²) >= 11 is 0. The van der Waals surface area contributed by atoms with Crippen LogP contribution in [-0.2, 0) is 13.1 Å². The Bertz CT molecular complexity index is 844. The number of nitrogens with zero attached hydrogens (tertiary/aromatic N) is 4. The molecule has 114 valence electrons. The van der Waals surface area contributed by atoms with Crippen LogP contribution in [0.3, 0.4) is 0 Å². The van der Waals surface area contributed by atoms with Gasteiger partial charge in [-0.25, -0.2) is 9.97 Å². The first-order valence-electron chi connectivity index (χ1n) is 7.41. The van der Waals surface area contributed by atoms with E-state index in [1.165, 1.54) is 11.1 Å². The van der Waals surface area contributed by atoms with Crippen LogP contribution in [-0.4, -0.2) is 14.5 Å². The third-order valence-corrected chi connectivity index (χ3v) is 3.61. The number of hydrogen-bond donors (Lipinski definition) is 1. The van der Waals surface area contributed by atoms with E-state index in [0.29, 0.717) is 18.1 Å². The molecule has 3 aromatic rings. The Hall–Kier alpha value is -3.13. The molecule has 2 aromatic heterocycles. The second kappa shape index (κ2) is 6.75. The van der Waals surface area contributed by atoms with E-state index in [0.717, 1.165) is 12.4 Å². The Morgan fingerprint density at radius 2 is 2.00 bits per heavy atom. The standard InChI is InChI=1S/C18H17N5/c1-14-20-8-9-23(14)13-16-5-2-4-15(10-16)12-21-18-7-3-6-17(11-19)22-18/h2-10H,12-13H2,1H3,(H,21,22). The number of pyridine rings is 1. The van der Waals surface area contributed by atoms with Crippen LogP contribution < -0.4 is 5.32 Å². The van der Waals surface area contributed by atoms with Gasteiger partial charge < -0.3 is 9.88 Å². The first kappa shape index (κ1) is 14.8. The lowest BCUT2D eigenvalue weighted by atomic mass is 10.1. The van der Waals surface area contributed by atoms with Crippen molar-refractivity contribution in [3.05, 3.63) is 77.5 Å². The molecular formula is C18H17N5. The van der Waals surface area contributed by atoms with Gasteiger partial charge in [0.15, 0.2) is 0 Å². The van der Waals surface area contributed by atoms with E-state index in [9.17, 15) is 0 Å². The molecule has 5 nitrogen and oxygen atoms in total. The molecule has 0 unspecified atom stereocenters. The lowest BCUT2D eigenvalue weighted by Gasteiger charge is -2.09. The molecule has 0 amide bonds. The summed E-state index contributed by atoms with van der Waals surface area (Å²) in [7, 11) is 0. The molecule has 0 aliphatic carbocycles. The van der Waals surface area contributed by atoms with Gasteiger partial charge in [0.25, 0.3) is 0 Å². The van der Waals surface area contributed by atoms with E-state index in [-0.39, 0.29) is 0 Å². The van der Waals surface area contributed by atoms with Gasteiger partial charge in [-0.3, -0.25) is 0 Å². The molecule has 0 saturated heterocycles. The molecule has 0 radical (unpaired) electrons. The molecule has 0 saturated carbocycles. The van der Waals surface area contributed by atoms with E-state index in [1.807, 2.05) is 37.5 Å². The van der Waals surface area contributed by atoms with Crippen LogP contribution in [0.4, 0.5) is 5.82 Å². The molecule has 0 atom stereocenters. The Morgan fingerprint density at radius 3 is 2.78 bits per heavy atom. The molecule has 0 aliphatic rings. The SMILES string of the molecule is Cc1nccn1Cc1cccc(CNc2cccc(C#N)n2)c1. The summed E-state index contributed by atoms with van der Waals surface area (Å²) < 4.78 is 2.12. The van der Waals surface area contributed by atoms with E-state index in [2.05, 4.69) is 44.1 Å². The van der Waals surface area contributed by atoms with Crippen molar-refractivity contribution in [2.45, 2.75) is 20.0 Å². The van der Waals surface area contributed by atoms with Crippen molar-refractivity contribution in [3.8, 4) is 6.07 Å². The Kier molecular flexibility index (Phi) is 4.34. The van der Waals surface area contributed by atoms with Crippen molar-refractivity contribution in [1.29, 1.82) is 5.26 Å². The summed E-state index contributed by atoms with van der Waals surface area (Å²) in [4.78, 5) is 8.46.